The molecule has 0 radical (unpaired) electrons. The molecule has 0 spiro atoms. The van der Waals surface area contributed by atoms with Crippen molar-refractivity contribution in [2.24, 2.45) is 7.05 Å². The van der Waals surface area contributed by atoms with Crippen LogP contribution in [0.1, 0.15) is 29.9 Å². The van der Waals surface area contributed by atoms with Crippen LogP contribution in [-0.2, 0) is 13.6 Å². The quantitative estimate of drug-likeness (QED) is 0.915. The lowest BCUT2D eigenvalue weighted by Crippen LogP contribution is -2.43. The summed E-state index contributed by atoms with van der Waals surface area (Å²) in [5.41, 5.74) is 0.000400. The van der Waals surface area contributed by atoms with Gasteiger partial charge in [0.25, 0.3) is 11.5 Å². The summed E-state index contributed by atoms with van der Waals surface area (Å²) in [6.07, 6.45) is 0. The minimum absolute atomic E-state index is 0.170. The summed E-state index contributed by atoms with van der Waals surface area (Å²) in [6.45, 7) is 3.85. The first-order valence-corrected chi connectivity index (χ1v) is 7.49. The number of nitrogens with zero attached hydrogens (tertiary/aromatic N) is 2. The van der Waals surface area contributed by atoms with Gasteiger partial charge >= 0.3 is 0 Å². The highest BCUT2D eigenvalue weighted by Crippen LogP contribution is 2.13. The molecule has 1 aromatic heterocycles. The van der Waals surface area contributed by atoms with E-state index in [-0.39, 0.29) is 18.0 Å². The first-order valence-electron chi connectivity index (χ1n) is 7.49. The highest BCUT2D eigenvalue weighted by atomic mass is 16.3. The van der Waals surface area contributed by atoms with Crippen molar-refractivity contribution >= 4 is 5.91 Å². The van der Waals surface area contributed by atoms with Gasteiger partial charge in [-0.05, 0) is 25.5 Å². The Morgan fingerprint density at radius 2 is 1.78 bits per heavy atom. The van der Waals surface area contributed by atoms with Gasteiger partial charge in [0.15, 0.2) is 0 Å². The number of aliphatic hydroxyl groups is 1. The number of aromatic nitrogens is 1. The Hall–Kier alpha value is -2.40. The van der Waals surface area contributed by atoms with E-state index in [2.05, 4.69) is 0 Å². The third-order valence-electron chi connectivity index (χ3n) is 3.49. The molecule has 1 heterocycles. The number of pyridine rings is 1. The van der Waals surface area contributed by atoms with Crippen LogP contribution in [0.15, 0.2) is 53.3 Å². The van der Waals surface area contributed by atoms with E-state index in [1.807, 2.05) is 30.3 Å². The molecule has 0 unspecified atom stereocenters. The normalized spacial score (nSPS) is 11.3. The van der Waals surface area contributed by atoms with Gasteiger partial charge in [-0.15, -0.1) is 0 Å². The second-order valence-electron chi connectivity index (χ2n) is 6.27. The topological polar surface area (TPSA) is 62.5 Å². The minimum Gasteiger partial charge on any atom is -0.389 e. The van der Waals surface area contributed by atoms with Gasteiger partial charge < -0.3 is 14.6 Å². The van der Waals surface area contributed by atoms with Crippen molar-refractivity contribution in [1.82, 2.24) is 9.47 Å². The van der Waals surface area contributed by atoms with Crippen LogP contribution in [-0.4, -0.2) is 32.6 Å². The van der Waals surface area contributed by atoms with E-state index in [0.717, 1.165) is 5.56 Å². The zero-order chi connectivity index (χ0) is 17.0. The van der Waals surface area contributed by atoms with E-state index in [9.17, 15) is 14.7 Å². The molecule has 0 atom stereocenters. The maximum atomic E-state index is 12.9. The lowest BCUT2D eigenvalue weighted by atomic mass is 10.1. The van der Waals surface area contributed by atoms with Crippen molar-refractivity contribution in [3.8, 4) is 0 Å². The smallest absolute Gasteiger partial charge is 0.270 e. The predicted molar refractivity (Wildman–Crippen MR) is 89.2 cm³/mol. The third-order valence-corrected chi connectivity index (χ3v) is 3.49. The molecular weight excluding hydrogens is 292 g/mol. The fourth-order valence-corrected chi connectivity index (χ4v) is 2.41. The van der Waals surface area contributed by atoms with Gasteiger partial charge in [0.05, 0.1) is 5.60 Å². The average Bonchev–Trinajstić information content (AvgIpc) is 2.48. The molecule has 0 aliphatic rings. The molecule has 2 aromatic rings. The Morgan fingerprint density at radius 3 is 2.39 bits per heavy atom. The summed E-state index contributed by atoms with van der Waals surface area (Å²) in [4.78, 5) is 26.2. The van der Waals surface area contributed by atoms with E-state index < -0.39 is 5.60 Å². The van der Waals surface area contributed by atoms with Gasteiger partial charge in [-0.25, -0.2) is 0 Å². The first kappa shape index (κ1) is 17.0. The molecule has 0 bridgehead atoms. The van der Waals surface area contributed by atoms with Crippen molar-refractivity contribution in [3.63, 3.8) is 0 Å². The Kier molecular flexibility index (Phi) is 5.01. The van der Waals surface area contributed by atoms with Gasteiger partial charge in [-0.1, -0.05) is 36.4 Å². The number of hydrogen-bond acceptors (Lipinski definition) is 3. The van der Waals surface area contributed by atoms with E-state index in [1.165, 1.54) is 10.6 Å². The molecule has 122 valence electrons. The Labute approximate surface area is 135 Å². The van der Waals surface area contributed by atoms with Crippen molar-refractivity contribution < 1.29 is 9.90 Å². The molecule has 0 saturated carbocycles. The number of benzene rings is 1. The average molecular weight is 314 g/mol. The molecule has 0 aliphatic carbocycles. The maximum absolute atomic E-state index is 12.9. The molecule has 1 aromatic carbocycles. The zero-order valence-electron chi connectivity index (χ0n) is 13.7. The number of rotatable bonds is 5. The van der Waals surface area contributed by atoms with Crippen LogP contribution in [0.4, 0.5) is 0 Å². The summed E-state index contributed by atoms with van der Waals surface area (Å²) in [5, 5.41) is 10.1. The second kappa shape index (κ2) is 6.79. The lowest BCUT2D eigenvalue weighted by Gasteiger charge is -2.29. The van der Waals surface area contributed by atoms with E-state index >= 15 is 0 Å². The Bertz CT molecular complexity index is 730. The monoisotopic (exact) mass is 314 g/mol. The van der Waals surface area contributed by atoms with Gasteiger partial charge in [-0.3, -0.25) is 9.59 Å². The van der Waals surface area contributed by atoms with Crippen LogP contribution in [0.3, 0.4) is 0 Å². The molecule has 2 rings (SSSR count). The van der Waals surface area contributed by atoms with Crippen molar-refractivity contribution in [1.29, 1.82) is 0 Å². The van der Waals surface area contributed by atoms with Crippen LogP contribution in [0.25, 0.3) is 0 Å². The van der Waals surface area contributed by atoms with Gasteiger partial charge in [-0.2, -0.15) is 0 Å². The van der Waals surface area contributed by atoms with Gasteiger partial charge in [0.2, 0.25) is 0 Å². The van der Waals surface area contributed by atoms with Gasteiger partial charge in [0, 0.05) is 26.2 Å². The number of amides is 1. The third kappa shape index (κ3) is 4.53. The lowest BCUT2D eigenvalue weighted by molar-refractivity contribution is 0.0274. The molecule has 1 N–H and O–H groups in total. The molecule has 5 nitrogen and oxygen atoms in total. The zero-order valence-corrected chi connectivity index (χ0v) is 13.7. The largest absolute Gasteiger partial charge is 0.389 e. The molecule has 0 fully saturated rings. The van der Waals surface area contributed by atoms with Crippen molar-refractivity contribution in [2.45, 2.75) is 26.0 Å². The highest BCUT2D eigenvalue weighted by Gasteiger charge is 2.25. The first-order chi connectivity index (χ1) is 10.8. The van der Waals surface area contributed by atoms with E-state index in [0.29, 0.717) is 12.2 Å². The summed E-state index contributed by atoms with van der Waals surface area (Å²) < 4.78 is 1.32. The number of hydrogen-bond donors (Lipinski definition) is 1. The summed E-state index contributed by atoms with van der Waals surface area (Å²) in [7, 11) is 1.57. The second-order valence-corrected chi connectivity index (χ2v) is 6.27. The van der Waals surface area contributed by atoms with E-state index in [1.54, 1.807) is 37.9 Å². The highest BCUT2D eigenvalue weighted by molar-refractivity contribution is 5.92. The van der Waals surface area contributed by atoms with E-state index in [4.69, 9.17) is 0 Å². The Balaban J connectivity index is 2.34. The SMILES string of the molecule is Cn1c(C(=O)N(Cc2ccccc2)CC(C)(C)O)cccc1=O. The molecule has 23 heavy (non-hydrogen) atoms. The van der Waals surface area contributed by atoms with Gasteiger partial charge in [0.1, 0.15) is 5.69 Å². The number of carbonyl (C=O) groups is 1. The van der Waals surface area contributed by atoms with Crippen molar-refractivity contribution in [3.05, 3.63) is 70.1 Å². The molecule has 0 aliphatic heterocycles. The predicted octanol–water partition coefficient (Wildman–Crippen LogP) is 1.80. The van der Waals surface area contributed by atoms with Crippen LogP contribution < -0.4 is 5.56 Å². The Morgan fingerprint density at radius 1 is 1.13 bits per heavy atom. The van der Waals surface area contributed by atoms with Crippen LogP contribution in [0, 0.1) is 0 Å². The maximum Gasteiger partial charge on any atom is 0.270 e. The summed E-state index contributed by atoms with van der Waals surface area (Å²) >= 11 is 0. The molecular formula is C18H22N2O3. The fourth-order valence-electron chi connectivity index (χ4n) is 2.41. The molecule has 5 heteroatoms. The standard InChI is InChI=1S/C18H22N2O3/c1-18(2,23)13-20(12-14-8-5-4-6-9-14)17(22)15-10-7-11-16(21)19(15)3/h4-11,23H,12-13H2,1-3H3. The summed E-state index contributed by atoms with van der Waals surface area (Å²) in [6, 6.07) is 14.2. The van der Waals surface area contributed by atoms with Crippen LogP contribution >= 0.6 is 0 Å². The van der Waals surface area contributed by atoms with Crippen molar-refractivity contribution in [2.75, 3.05) is 6.54 Å². The van der Waals surface area contributed by atoms with Crippen LogP contribution in [0.5, 0.6) is 0 Å². The molecule has 0 saturated heterocycles. The number of carbonyl (C=O) groups excluding carboxylic acids is 1. The summed E-state index contributed by atoms with van der Waals surface area (Å²) in [5.74, 6) is -0.281. The van der Waals surface area contributed by atoms with Crippen LogP contribution in [0.2, 0.25) is 0 Å². The minimum atomic E-state index is -1.03. The molecule has 1 amide bonds. The fraction of sp³-hybridized carbons (Fsp3) is 0.333.